The van der Waals surface area contributed by atoms with Crippen LogP contribution in [0.5, 0.6) is 0 Å². The minimum atomic E-state index is 0.0140. The number of carbonyl (C=O) groups is 1. The van der Waals surface area contributed by atoms with Crippen molar-refractivity contribution in [2.75, 3.05) is 30.4 Å². The number of aromatic nitrogens is 4. The summed E-state index contributed by atoms with van der Waals surface area (Å²) in [6.07, 6.45) is 3.05. The molecule has 0 atom stereocenters. The van der Waals surface area contributed by atoms with Gasteiger partial charge in [0.2, 0.25) is 0 Å². The van der Waals surface area contributed by atoms with Crippen LogP contribution in [0.2, 0.25) is 0 Å². The Labute approximate surface area is 132 Å². The molecule has 23 heavy (non-hydrogen) atoms. The molecule has 4 rings (SSSR count). The fourth-order valence-corrected chi connectivity index (χ4v) is 2.63. The van der Waals surface area contributed by atoms with Crippen molar-refractivity contribution < 1.29 is 4.79 Å². The monoisotopic (exact) mass is 309 g/mol. The second-order valence-corrected chi connectivity index (χ2v) is 5.35. The molecule has 0 aliphatic carbocycles. The highest BCUT2D eigenvalue weighted by molar-refractivity contribution is 5.94. The van der Waals surface area contributed by atoms with E-state index in [4.69, 9.17) is 0 Å². The van der Waals surface area contributed by atoms with Crippen molar-refractivity contribution in [2.45, 2.75) is 0 Å². The molecule has 8 nitrogen and oxygen atoms in total. The minimum Gasteiger partial charge on any atom is -0.340 e. The number of likely N-dealkylation sites (N-methyl/N-ethyl adjacent to an activating group) is 1. The number of H-pyrrole nitrogens is 1. The molecular formula is C15H15N7O. The van der Waals surface area contributed by atoms with Crippen LogP contribution in [0, 0.1) is 0 Å². The van der Waals surface area contributed by atoms with Crippen molar-refractivity contribution in [3.8, 4) is 0 Å². The largest absolute Gasteiger partial charge is 0.340 e. The quantitative estimate of drug-likeness (QED) is 0.772. The number of carbonyl (C=O) groups excluding carboxylic acids is 1. The number of imidazole rings is 1. The number of rotatable bonds is 3. The smallest absolute Gasteiger partial charge is 0.324 e. The number of aromatic amines is 1. The van der Waals surface area contributed by atoms with Crippen molar-refractivity contribution in [3.05, 3.63) is 36.9 Å². The average Bonchev–Trinajstić information content (AvgIpc) is 3.16. The Balaban J connectivity index is 1.64. The summed E-state index contributed by atoms with van der Waals surface area (Å²) in [6, 6.07) is 7.71. The van der Waals surface area contributed by atoms with Crippen LogP contribution in [0.1, 0.15) is 0 Å². The predicted octanol–water partition coefficient (Wildman–Crippen LogP) is 1.97. The van der Waals surface area contributed by atoms with Crippen molar-refractivity contribution in [3.63, 3.8) is 0 Å². The zero-order chi connectivity index (χ0) is 15.8. The SMILES string of the molecule is CN1CCN(c2cccc(Nc3ncnc4nc[nH]c34)c2)C1=O. The molecule has 0 radical (unpaired) electrons. The van der Waals surface area contributed by atoms with Crippen LogP contribution in [0.4, 0.5) is 22.0 Å². The van der Waals surface area contributed by atoms with Gasteiger partial charge in [0, 0.05) is 31.5 Å². The van der Waals surface area contributed by atoms with Crippen molar-refractivity contribution in [1.82, 2.24) is 24.8 Å². The summed E-state index contributed by atoms with van der Waals surface area (Å²) in [6.45, 7) is 1.42. The van der Waals surface area contributed by atoms with E-state index in [-0.39, 0.29) is 6.03 Å². The van der Waals surface area contributed by atoms with Gasteiger partial charge in [-0.15, -0.1) is 0 Å². The highest BCUT2D eigenvalue weighted by Crippen LogP contribution is 2.26. The van der Waals surface area contributed by atoms with E-state index in [1.54, 1.807) is 23.2 Å². The molecule has 1 aromatic carbocycles. The number of benzene rings is 1. The average molecular weight is 309 g/mol. The third kappa shape index (κ3) is 2.33. The van der Waals surface area contributed by atoms with Gasteiger partial charge in [0.05, 0.1) is 6.33 Å². The van der Waals surface area contributed by atoms with Gasteiger partial charge in [0.25, 0.3) is 0 Å². The van der Waals surface area contributed by atoms with E-state index >= 15 is 0 Å². The van der Waals surface area contributed by atoms with E-state index in [0.29, 0.717) is 18.0 Å². The van der Waals surface area contributed by atoms with Crippen LogP contribution in [-0.2, 0) is 0 Å². The summed E-state index contributed by atoms with van der Waals surface area (Å²) in [7, 11) is 1.81. The molecule has 2 amide bonds. The maximum atomic E-state index is 12.1. The number of nitrogens with zero attached hydrogens (tertiary/aromatic N) is 5. The van der Waals surface area contributed by atoms with Gasteiger partial charge in [-0.3, -0.25) is 4.90 Å². The van der Waals surface area contributed by atoms with Gasteiger partial charge in [-0.25, -0.2) is 19.7 Å². The first-order valence-corrected chi connectivity index (χ1v) is 7.26. The van der Waals surface area contributed by atoms with E-state index < -0.39 is 0 Å². The highest BCUT2D eigenvalue weighted by Gasteiger charge is 2.26. The molecule has 0 spiro atoms. The van der Waals surface area contributed by atoms with Crippen LogP contribution < -0.4 is 10.2 Å². The Morgan fingerprint density at radius 1 is 1.22 bits per heavy atom. The summed E-state index contributed by atoms with van der Waals surface area (Å²) >= 11 is 0. The van der Waals surface area contributed by atoms with Gasteiger partial charge >= 0.3 is 6.03 Å². The fraction of sp³-hybridized carbons (Fsp3) is 0.200. The Morgan fingerprint density at radius 2 is 2.13 bits per heavy atom. The van der Waals surface area contributed by atoms with Gasteiger partial charge in [-0.1, -0.05) is 6.07 Å². The normalized spacial score (nSPS) is 14.7. The second-order valence-electron chi connectivity index (χ2n) is 5.35. The zero-order valence-corrected chi connectivity index (χ0v) is 12.5. The molecule has 2 N–H and O–H groups in total. The van der Waals surface area contributed by atoms with E-state index in [0.717, 1.165) is 23.4 Å². The zero-order valence-electron chi connectivity index (χ0n) is 12.5. The lowest BCUT2D eigenvalue weighted by molar-refractivity contribution is 0.229. The first-order chi connectivity index (χ1) is 11.2. The fourth-order valence-electron chi connectivity index (χ4n) is 2.63. The van der Waals surface area contributed by atoms with Gasteiger partial charge in [0.15, 0.2) is 11.5 Å². The standard InChI is InChI=1S/C15H15N7O/c1-21-5-6-22(15(21)23)11-4-2-3-10(7-11)20-14-12-13(17-8-16-12)18-9-19-14/h2-4,7-9H,5-6H2,1H3,(H2,16,17,18,19,20). The van der Waals surface area contributed by atoms with E-state index in [1.165, 1.54) is 6.33 Å². The van der Waals surface area contributed by atoms with Gasteiger partial charge in [-0.2, -0.15) is 0 Å². The van der Waals surface area contributed by atoms with Crippen LogP contribution in [0.3, 0.4) is 0 Å². The molecule has 0 unspecified atom stereocenters. The molecule has 116 valence electrons. The highest BCUT2D eigenvalue weighted by atomic mass is 16.2. The van der Waals surface area contributed by atoms with E-state index in [2.05, 4.69) is 25.3 Å². The lowest BCUT2D eigenvalue weighted by Crippen LogP contribution is -2.29. The van der Waals surface area contributed by atoms with Gasteiger partial charge in [0.1, 0.15) is 11.8 Å². The molecule has 0 saturated carbocycles. The number of fused-ring (bicyclic) bond motifs is 1. The van der Waals surface area contributed by atoms with Crippen LogP contribution in [-0.4, -0.2) is 51.0 Å². The Hall–Kier alpha value is -3.16. The molecule has 1 saturated heterocycles. The number of anilines is 3. The third-order valence-corrected chi connectivity index (χ3v) is 3.86. The van der Waals surface area contributed by atoms with Gasteiger partial charge < -0.3 is 15.2 Å². The molecule has 8 heteroatoms. The Bertz CT molecular complexity index is 875. The predicted molar refractivity (Wildman–Crippen MR) is 86.8 cm³/mol. The lowest BCUT2D eigenvalue weighted by atomic mass is 10.2. The third-order valence-electron chi connectivity index (χ3n) is 3.86. The molecular weight excluding hydrogens is 294 g/mol. The van der Waals surface area contributed by atoms with Crippen LogP contribution >= 0.6 is 0 Å². The lowest BCUT2D eigenvalue weighted by Gasteiger charge is -2.17. The summed E-state index contributed by atoms with van der Waals surface area (Å²) in [4.78, 5) is 31.1. The number of hydrogen-bond donors (Lipinski definition) is 2. The first-order valence-electron chi connectivity index (χ1n) is 7.26. The van der Waals surface area contributed by atoms with Crippen molar-refractivity contribution in [2.24, 2.45) is 0 Å². The maximum Gasteiger partial charge on any atom is 0.324 e. The summed E-state index contributed by atoms with van der Waals surface area (Å²) in [5, 5.41) is 3.25. The van der Waals surface area contributed by atoms with Crippen LogP contribution in [0.15, 0.2) is 36.9 Å². The Kier molecular flexibility index (Phi) is 3.07. The van der Waals surface area contributed by atoms with E-state index in [9.17, 15) is 4.79 Å². The summed E-state index contributed by atoms with van der Waals surface area (Å²) in [5.41, 5.74) is 3.06. The number of nitrogens with one attached hydrogen (secondary N) is 2. The molecule has 1 aliphatic heterocycles. The molecule has 3 heterocycles. The number of amides is 2. The van der Waals surface area contributed by atoms with Crippen molar-refractivity contribution in [1.29, 1.82) is 0 Å². The first kappa shape index (κ1) is 13.5. The van der Waals surface area contributed by atoms with Crippen LogP contribution in [0.25, 0.3) is 11.2 Å². The van der Waals surface area contributed by atoms with Gasteiger partial charge in [-0.05, 0) is 18.2 Å². The molecule has 2 aromatic heterocycles. The second kappa shape index (κ2) is 5.24. The van der Waals surface area contributed by atoms with E-state index in [1.807, 2.05) is 24.3 Å². The summed E-state index contributed by atoms with van der Waals surface area (Å²) < 4.78 is 0. The maximum absolute atomic E-state index is 12.1. The topological polar surface area (TPSA) is 90.0 Å². The van der Waals surface area contributed by atoms with Crippen molar-refractivity contribution >= 4 is 34.4 Å². The molecule has 1 aliphatic rings. The number of urea groups is 1. The minimum absolute atomic E-state index is 0.0140. The molecule has 1 fully saturated rings. The Morgan fingerprint density at radius 3 is 2.96 bits per heavy atom. The summed E-state index contributed by atoms with van der Waals surface area (Å²) in [5.74, 6) is 0.648. The molecule has 0 bridgehead atoms. The molecule has 3 aromatic rings. The number of hydrogen-bond acceptors (Lipinski definition) is 5.